The Morgan fingerprint density at radius 1 is 1.29 bits per heavy atom. The standard InChI is InChI=1S/C17H21NO3/c1-12-4-5-14-13(10-12)11-15(21-14)16(19)18-8-3-6-17(2,20)7-9-18/h4-5,10-11,20H,3,6-9H2,1-2H3. The highest BCUT2D eigenvalue weighted by molar-refractivity contribution is 5.96. The van der Waals surface area contributed by atoms with Gasteiger partial charge in [-0.05, 0) is 51.3 Å². The van der Waals surface area contributed by atoms with E-state index in [9.17, 15) is 9.90 Å². The molecule has 0 aliphatic carbocycles. The molecule has 2 aromatic rings. The molecule has 112 valence electrons. The second-order valence-corrected chi connectivity index (χ2v) is 6.29. The molecule has 1 fully saturated rings. The molecule has 0 bridgehead atoms. The fourth-order valence-electron chi connectivity index (χ4n) is 2.89. The van der Waals surface area contributed by atoms with Crippen LogP contribution < -0.4 is 0 Å². The average Bonchev–Trinajstić information content (AvgIpc) is 2.75. The van der Waals surface area contributed by atoms with E-state index < -0.39 is 5.60 Å². The third-order valence-electron chi connectivity index (χ3n) is 4.23. The van der Waals surface area contributed by atoms with E-state index in [-0.39, 0.29) is 5.91 Å². The smallest absolute Gasteiger partial charge is 0.289 e. The maximum atomic E-state index is 12.6. The molecular weight excluding hydrogens is 266 g/mol. The van der Waals surface area contributed by atoms with Crippen LogP contribution in [0.25, 0.3) is 11.0 Å². The van der Waals surface area contributed by atoms with Gasteiger partial charge in [-0.3, -0.25) is 4.79 Å². The van der Waals surface area contributed by atoms with E-state index in [1.165, 1.54) is 0 Å². The normalized spacial score (nSPS) is 23.3. The van der Waals surface area contributed by atoms with E-state index in [0.29, 0.717) is 25.3 Å². The van der Waals surface area contributed by atoms with Gasteiger partial charge in [-0.1, -0.05) is 11.6 Å². The number of carbonyl (C=O) groups excluding carboxylic acids is 1. The molecule has 1 atom stereocenters. The summed E-state index contributed by atoms with van der Waals surface area (Å²) in [5.74, 6) is 0.304. The Morgan fingerprint density at radius 2 is 2.10 bits per heavy atom. The van der Waals surface area contributed by atoms with Gasteiger partial charge >= 0.3 is 0 Å². The largest absolute Gasteiger partial charge is 0.451 e. The van der Waals surface area contributed by atoms with Crippen LogP contribution in [-0.4, -0.2) is 34.6 Å². The molecule has 21 heavy (non-hydrogen) atoms. The second-order valence-electron chi connectivity index (χ2n) is 6.29. The summed E-state index contributed by atoms with van der Waals surface area (Å²) in [4.78, 5) is 14.4. The first kappa shape index (κ1) is 14.1. The van der Waals surface area contributed by atoms with Gasteiger partial charge in [0, 0.05) is 18.5 Å². The number of hydrogen-bond donors (Lipinski definition) is 1. The summed E-state index contributed by atoms with van der Waals surface area (Å²) < 4.78 is 5.68. The Labute approximate surface area is 124 Å². The van der Waals surface area contributed by atoms with Crippen LogP contribution in [0.1, 0.15) is 42.3 Å². The van der Waals surface area contributed by atoms with Crippen LogP contribution in [0.4, 0.5) is 0 Å². The topological polar surface area (TPSA) is 53.7 Å². The van der Waals surface area contributed by atoms with Crippen molar-refractivity contribution in [3.05, 3.63) is 35.6 Å². The lowest BCUT2D eigenvalue weighted by Gasteiger charge is -2.21. The van der Waals surface area contributed by atoms with Gasteiger partial charge in [-0.2, -0.15) is 0 Å². The van der Waals surface area contributed by atoms with Crippen molar-refractivity contribution in [1.29, 1.82) is 0 Å². The van der Waals surface area contributed by atoms with E-state index in [0.717, 1.165) is 29.4 Å². The van der Waals surface area contributed by atoms with Crippen LogP contribution >= 0.6 is 0 Å². The number of amides is 1. The number of furan rings is 1. The molecule has 1 aromatic carbocycles. The van der Waals surface area contributed by atoms with Crippen LogP contribution in [0.2, 0.25) is 0 Å². The summed E-state index contributed by atoms with van der Waals surface area (Å²) in [6.07, 6.45) is 2.16. The molecule has 0 radical (unpaired) electrons. The summed E-state index contributed by atoms with van der Waals surface area (Å²) in [6, 6.07) is 7.70. The molecule has 2 heterocycles. The molecule has 0 saturated carbocycles. The maximum absolute atomic E-state index is 12.6. The number of hydrogen-bond acceptors (Lipinski definition) is 3. The van der Waals surface area contributed by atoms with Crippen molar-refractivity contribution in [2.75, 3.05) is 13.1 Å². The zero-order valence-corrected chi connectivity index (χ0v) is 12.6. The summed E-state index contributed by atoms with van der Waals surface area (Å²) in [5, 5.41) is 11.1. The third kappa shape index (κ3) is 2.95. The van der Waals surface area contributed by atoms with E-state index in [4.69, 9.17) is 4.42 Å². The van der Waals surface area contributed by atoms with E-state index >= 15 is 0 Å². The second kappa shape index (κ2) is 5.19. The van der Waals surface area contributed by atoms with Crippen molar-refractivity contribution in [2.24, 2.45) is 0 Å². The van der Waals surface area contributed by atoms with Crippen LogP contribution in [0.3, 0.4) is 0 Å². The molecule has 4 nitrogen and oxygen atoms in total. The molecule has 1 aliphatic heterocycles. The van der Waals surface area contributed by atoms with Gasteiger partial charge < -0.3 is 14.4 Å². The zero-order valence-electron chi connectivity index (χ0n) is 12.6. The molecule has 1 aromatic heterocycles. The van der Waals surface area contributed by atoms with Crippen molar-refractivity contribution in [3.63, 3.8) is 0 Å². The zero-order chi connectivity index (χ0) is 15.0. The maximum Gasteiger partial charge on any atom is 0.289 e. The molecule has 1 N–H and O–H groups in total. The highest BCUT2D eigenvalue weighted by Crippen LogP contribution is 2.25. The summed E-state index contributed by atoms with van der Waals surface area (Å²) >= 11 is 0. The number of likely N-dealkylation sites (tertiary alicyclic amines) is 1. The van der Waals surface area contributed by atoms with Crippen LogP contribution in [0, 0.1) is 6.92 Å². The first-order chi connectivity index (χ1) is 9.94. The predicted molar refractivity (Wildman–Crippen MR) is 81.3 cm³/mol. The van der Waals surface area contributed by atoms with Gasteiger partial charge in [-0.15, -0.1) is 0 Å². The molecule has 4 heteroatoms. The Bertz CT molecular complexity index is 672. The number of benzene rings is 1. The van der Waals surface area contributed by atoms with Crippen molar-refractivity contribution >= 4 is 16.9 Å². The lowest BCUT2D eigenvalue weighted by molar-refractivity contribution is 0.0434. The first-order valence-corrected chi connectivity index (χ1v) is 7.46. The molecule has 1 amide bonds. The summed E-state index contributed by atoms with van der Waals surface area (Å²) in [6.45, 7) is 5.10. The monoisotopic (exact) mass is 287 g/mol. The Kier molecular flexibility index (Phi) is 3.49. The van der Waals surface area contributed by atoms with Gasteiger partial charge in [-0.25, -0.2) is 0 Å². The minimum absolute atomic E-state index is 0.0819. The van der Waals surface area contributed by atoms with Gasteiger partial charge in [0.1, 0.15) is 5.58 Å². The van der Waals surface area contributed by atoms with Crippen LogP contribution in [0.5, 0.6) is 0 Å². The fourth-order valence-corrected chi connectivity index (χ4v) is 2.89. The number of carbonyl (C=O) groups is 1. The fraction of sp³-hybridized carbons (Fsp3) is 0.471. The van der Waals surface area contributed by atoms with Crippen molar-refractivity contribution in [3.8, 4) is 0 Å². The Balaban J connectivity index is 1.83. The highest BCUT2D eigenvalue weighted by atomic mass is 16.3. The quantitative estimate of drug-likeness (QED) is 0.876. The van der Waals surface area contributed by atoms with Crippen LogP contribution in [0.15, 0.2) is 28.7 Å². The number of nitrogens with zero attached hydrogens (tertiary/aromatic N) is 1. The lowest BCUT2D eigenvalue weighted by atomic mass is 9.98. The van der Waals surface area contributed by atoms with Gasteiger partial charge in [0.2, 0.25) is 0 Å². The van der Waals surface area contributed by atoms with Gasteiger partial charge in [0.05, 0.1) is 5.60 Å². The SMILES string of the molecule is Cc1ccc2oc(C(=O)N3CCCC(C)(O)CC3)cc2c1. The van der Waals surface area contributed by atoms with Crippen molar-refractivity contribution < 1.29 is 14.3 Å². The third-order valence-corrected chi connectivity index (χ3v) is 4.23. The average molecular weight is 287 g/mol. The predicted octanol–water partition coefficient (Wildman–Crippen LogP) is 3.12. The molecule has 1 unspecified atom stereocenters. The lowest BCUT2D eigenvalue weighted by Crippen LogP contribution is -2.33. The summed E-state index contributed by atoms with van der Waals surface area (Å²) in [5.41, 5.74) is 1.22. The molecule has 0 spiro atoms. The first-order valence-electron chi connectivity index (χ1n) is 7.46. The van der Waals surface area contributed by atoms with Crippen molar-refractivity contribution in [1.82, 2.24) is 4.90 Å². The number of rotatable bonds is 1. The summed E-state index contributed by atoms with van der Waals surface area (Å²) in [7, 11) is 0. The number of aliphatic hydroxyl groups is 1. The number of aryl methyl sites for hydroxylation is 1. The number of fused-ring (bicyclic) bond motifs is 1. The van der Waals surface area contributed by atoms with E-state index in [1.54, 1.807) is 4.90 Å². The molecule has 1 saturated heterocycles. The van der Waals surface area contributed by atoms with Crippen molar-refractivity contribution in [2.45, 2.75) is 38.7 Å². The minimum Gasteiger partial charge on any atom is -0.451 e. The van der Waals surface area contributed by atoms with Crippen LogP contribution in [-0.2, 0) is 0 Å². The highest BCUT2D eigenvalue weighted by Gasteiger charge is 2.28. The Hall–Kier alpha value is -1.81. The Morgan fingerprint density at radius 3 is 2.90 bits per heavy atom. The van der Waals surface area contributed by atoms with E-state index in [1.807, 2.05) is 38.1 Å². The van der Waals surface area contributed by atoms with Gasteiger partial charge in [0.15, 0.2) is 5.76 Å². The van der Waals surface area contributed by atoms with E-state index in [2.05, 4.69) is 0 Å². The minimum atomic E-state index is -0.667. The molecule has 1 aliphatic rings. The van der Waals surface area contributed by atoms with Gasteiger partial charge in [0.25, 0.3) is 5.91 Å². The molecule has 3 rings (SSSR count). The molecular formula is C17H21NO3.